The monoisotopic (exact) mass is 278 g/mol. The maximum absolute atomic E-state index is 12.0. The third-order valence-corrected chi connectivity index (χ3v) is 4.08. The molecule has 2 aliphatic rings. The quantitative estimate of drug-likeness (QED) is 0.751. The fraction of sp³-hybridized carbons (Fsp3) is 0.118. The van der Waals surface area contributed by atoms with Crippen LogP contribution in [0, 0.1) is 0 Å². The van der Waals surface area contributed by atoms with Crippen molar-refractivity contribution < 1.29 is 9.90 Å². The van der Waals surface area contributed by atoms with E-state index in [2.05, 4.69) is 16.7 Å². The third-order valence-electron chi connectivity index (χ3n) is 4.08. The van der Waals surface area contributed by atoms with Crippen molar-refractivity contribution in [1.82, 2.24) is 10.6 Å². The number of rotatable bonds is 1. The van der Waals surface area contributed by atoms with Crippen LogP contribution in [0.15, 0.2) is 54.1 Å². The van der Waals surface area contributed by atoms with Crippen LogP contribution in [-0.4, -0.2) is 11.1 Å². The molecule has 1 unspecified atom stereocenters. The van der Waals surface area contributed by atoms with Crippen molar-refractivity contribution in [2.24, 2.45) is 0 Å². The maximum Gasteiger partial charge on any atom is 0.319 e. The van der Waals surface area contributed by atoms with Gasteiger partial charge in [0.15, 0.2) is 0 Å². The number of carbonyl (C=O) groups excluding carboxylic acids is 1. The number of phenols is 1. The minimum Gasteiger partial charge on any atom is -0.508 e. The molecule has 4 nitrogen and oxygen atoms in total. The molecule has 0 fully saturated rings. The van der Waals surface area contributed by atoms with Gasteiger partial charge in [0, 0.05) is 5.56 Å². The molecule has 1 atom stereocenters. The Bertz CT molecular complexity index is 763. The van der Waals surface area contributed by atoms with E-state index in [0.29, 0.717) is 0 Å². The first-order chi connectivity index (χ1) is 10.2. The highest BCUT2D eigenvalue weighted by Gasteiger charge is 2.33. The molecule has 2 aromatic rings. The van der Waals surface area contributed by atoms with E-state index in [9.17, 15) is 9.90 Å². The van der Waals surface area contributed by atoms with Gasteiger partial charge in [-0.3, -0.25) is 0 Å². The lowest BCUT2D eigenvalue weighted by atomic mass is 9.95. The van der Waals surface area contributed by atoms with Gasteiger partial charge in [0.25, 0.3) is 0 Å². The molecule has 21 heavy (non-hydrogen) atoms. The summed E-state index contributed by atoms with van der Waals surface area (Å²) >= 11 is 0. The van der Waals surface area contributed by atoms with Crippen LogP contribution in [0.3, 0.4) is 0 Å². The van der Waals surface area contributed by atoms with Crippen molar-refractivity contribution >= 4 is 11.7 Å². The average molecular weight is 278 g/mol. The molecule has 1 aliphatic heterocycles. The SMILES string of the molecule is O=C1NC2=C(Cc3ccccc32)C(c2ccc(O)cc2)N1. The number of hydrogen-bond donors (Lipinski definition) is 3. The predicted octanol–water partition coefficient (Wildman–Crippen LogP) is 2.71. The van der Waals surface area contributed by atoms with Gasteiger partial charge in [0.05, 0.1) is 11.7 Å². The second kappa shape index (κ2) is 4.38. The van der Waals surface area contributed by atoms with Crippen LogP contribution in [0.1, 0.15) is 22.7 Å². The van der Waals surface area contributed by atoms with Crippen molar-refractivity contribution in [2.45, 2.75) is 12.5 Å². The molecule has 0 radical (unpaired) electrons. The van der Waals surface area contributed by atoms with E-state index in [-0.39, 0.29) is 17.8 Å². The number of fused-ring (bicyclic) bond motifs is 2. The minimum absolute atomic E-state index is 0.151. The Hall–Kier alpha value is -2.75. The van der Waals surface area contributed by atoms with Crippen LogP contribution in [0.5, 0.6) is 5.75 Å². The molecule has 4 heteroatoms. The van der Waals surface area contributed by atoms with Crippen LogP contribution >= 0.6 is 0 Å². The van der Waals surface area contributed by atoms with Gasteiger partial charge in [0.1, 0.15) is 5.75 Å². The summed E-state index contributed by atoms with van der Waals surface area (Å²) in [4.78, 5) is 12.0. The second-order valence-electron chi connectivity index (χ2n) is 5.36. The number of hydrogen-bond acceptors (Lipinski definition) is 2. The van der Waals surface area contributed by atoms with Crippen molar-refractivity contribution in [3.63, 3.8) is 0 Å². The van der Waals surface area contributed by atoms with Crippen LogP contribution in [0.4, 0.5) is 4.79 Å². The molecule has 0 bridgehead atoms. The van der Waals surface area contributed by atoms with Crippen molar-refractivity contribution in [3.8, 4) is 5.75 Å². The fourth-order valence-electron chi connectivity index (χ4n) is 3.10. The Morgan fingerprint density at radius 3 is 2.62 bits per heavy atom. The molecule has 1 aliphatic carbocycles. The number of nitrogens with one attached hydrogen (secondary N) is 2. The highest BCUT2D eigenvalue weighted by atomic mass is 16.3. The van der Waals surface area contributed by atoms with Gasteiger partial charge >= 0.3 is 6.03 Å². The number of phenolic OH excluding ortho intramolecular Hbond substituents is 1. The topological polar surface area (TPSA) is 61.4 Å². The van der Waals surface area contributed by atoms with Gasteiger partial charge in [-0.1, -0.05) is 36.4 Å². The standard InChI is InChI=1S/C17H14N2O2/c20-12-7-5-10(6-8-12)15-14-9-11-3-1-2-4-13(11)16(14)19-17(21)18-15/h1-8,15,20H,9H2,(H2,18,19,21). The first kappa shape index (κ1) is 12.0. The molecule has 2 aromatic carbocycles. The summed E-state index contributed by atoms with van der Waals surface area (Å²) in [5.41, 5.74) is 5.40. The Labute approximate surface area is 122 Å². The molecule has 0 saturated heterocycles. The molecule has 2 amide bonds. The Kier molecular flexibility index (Phi) is 2.51. The summed E-state index contributed by atoms with van der Waals surface area (Å²) in [5, 5.41) is 15.3. The molecule has 4 rings (SSSR count). The lowest BCUT2D eigenvalue weighted by molar-refractivity contribution is 0.240. The summed E-state index contributed by atoms with van der Waals surface area (Å²) in [6, 6.07) is 14.8. The largest absolute Gasteiger partial charge is 0.508 e. The Morgan fingerprint density at radius 1 is 1.05 bits per heavy atom. The van der Waals surface area contributed by atoms with E-state index in [0.717, 1.165) is 23.2 Å². The number of carbonyl (C=O) groups is 1. The van der Waals surface area contributed by atoms with E-state index in [1.165, 1.54) is 11.1 Å². The van der Waals surface area contributed by atoms with Crippen LogP contribution in [0.2, 0.25) is 0 Å². The Morgan fingerprint density at radius 2 is 1.81 bits per heavy atom. The van der Waals surface area contributed by atoms with Gasteiger partial charge in [-0.15, -0.1) is 0 Å². The number of aromatic hydroxyl groups is 1. The number of urea groups is 1. The van der Waals surface area contributed by atoms with E-state index in [1.54, 1.807) is 12.1 Å². The zero-order chi connectivity index (χ0) is 14.4. The minimum atomic E-state index is -0.191. The highest BCUT2D eigenvalue weighted by molar-refractivity contribution is 5.92. The van der Waals surface area contributed by atoms with Crippen molar-refractivity contribution in [3.05, 3.63) is 70.8 Å². The lowest BCUT2D eigenvalue weighted by Crippen LogP contribution is -2.42. The molecule has 1 heterocycles. The Balaban J connectivity index is 1.81. The van der Waals surface area contributed by atoms with Gasteiger partial charge in [-0.05, 0) is 35.3 Å². The van der Waals surface area contributed by atoms with Crippen molar-refractivity contribution in [2.75, 3.05) is 0 Å². The van der Waals surface area contributed by atoms with Crippen LogP contribution < -0.4 is 10.6 Å². The third kappa shape index (κ3) is 1.88. The van der Waals surface area contributed by atoms with Crippen LogP contribution in [0.25, 0.3) is 5.70 Å². The zero-order valence-corrected chi connectivity index (χ0v) is 11.3. The summed E-state index contributed by atoms with van der Waals surface area (Å²) in [7, 11) is 0. The fourth-order valence-corrected chi connectivity index (χ4v) is 3.10. The summed E-state index contributed by atoms with van der Waals surface area (Å²) in [6.45, 7) is 0. The number of amides is 2. The molecular weight excluding hydrogens is 264 g/mol. The molecule has 0 aromatic heterocycles. The average Bonchev–Trinajstić information content (AvgIpc) is 2.86. The molecular formula is C17H14N2O2. The molecule has 104 valence electrons. The zero-order valence-electron chi connectivity index (χ0n) is 11.3. The predicted molar refractivity (Wildman–Crippen MR) is 79.6 cm³/mol. The normalized spacial score (nSPS) is 19.6. The molecule has 3 N–H and O–H groups in total. The molecule has 0 spiro atoms. The van der Waals surface area contributed by atoms with Crippen molar-refractivity contribution in [1.29, 1.82) is 0 Å². The lowest BCUT2D eigenvalue weighted by Gasteiger charge is -2.27. The number of benzene rings is 2. The van der Waals surface area contributed by atoms with E-state index in [4.69, 9.17) is 0 Å². The highest BCUT2D eigenvalue weighted by Crippen LogP contribution is 2.39. The van der Waals surface area contributed by atoms with E-state index in [1.807, 2.05) is 30.3 Å². The molecule has 0 saturated carbocycles. The van der Waals surface area contributed by atoms with Gasteiger partial charge < -0.3 is 15.7 Å². The van der Waals surface area contributed by atoms with Gasteiger partial charge in [-0.25, -0.2) is 4.79 Å². The van der Waals surface area contributed by atoms with E-state index >= 15 is 0 Å². The van der Waals surface area contributed by atoms with Gasteiger partial charge in [-0.2, -0.15) is 0 Å². The summed E-state index contributed by atoms with van der Waals surface area (Å²) < 4.78 is 0. The first-order valence-corrected chi connectivity index (χ1v) is 6.90. The maximum atomic E-state index is 12.0. The van der Waals surface area contributed by atoms with Crippen LogP contribution in [-0.2, 0) is 6.42 Å². The second-order valence-corrected chi connectivity index (χ2v) is 5.36. The van der Waals surface area contributed by atoms with Gasteiger partial charge in [0.2, 0.25) is 0 Å². The van der Waals surface area contributed by atoms with E-state index < -0.39 is 0 Å². The smallest absolute Gasteiger partial charge is 0.319 e. The summed E-state index contributed by atoms with van der Waals surface area (Å²) in [6.07, 6.45) is 0.824. The summed E-state index contributed by atoms with van der Waals surface area (Å²) in [5.74, 6) is 0.225. The first-order valence-electron chi connectivity index (χ1n) is 6.90.